The SMILES string of the molecule is Cc1cccc(Nc2ncc(Br)cc2C(=O)O)c1. The number of pyridine rings is 1. The molecule has 1 aromatic carbocycles. The summed E-state index contributed by atoms with van der Waals surface area (Å²) in [7, 11) is 0. The van der Waals surface area contributed by atoms with Crippen molar-refractivity contribution in [2.45, 2.75) is 6.92 Å². The molecule has 0 fully saturated rings. The molecular weight excluding hydrogens is 296 g/mol. The van der Waals surface area contributed by atoms with Gasteiger partial charge in [-0.15, -0.1) is 0 Å². The second-order valence-corrected chi connectivity index (χ2v) is 4.77. The van der Waals surface area contributed by atoms with E-state index in [4.69, 9.17) is 5.11 Å². The van der Waals surface area contributed by atoms with Crippen LogP contribution in [-0.4, -0.2) is 16.1 Å². The van der Waals surface area contributed by atoms with Crippen LogP contribution in [0.15, 0.2) is 41.0 Å². The highest BCUT2D eigenvalue weighted by Crippen LogP contribution is 2.22. The average Bonchev–Trinajstić information content (AvgIpc) is 2.31. The number of nitrogens with one attached hydrogen (secondary N) is 1. The van der Waals surface area contributed by atoms with Crippen molar-refractivity contribution in [1.82, 2.24) is 4.98 Å². The number of hydrogen-bond donors (Lipinski definition) is 2. The third-order valence-electron chi connectivity index (χ3n) is 2.37. The Hall–Kier alpha value is -1.88. The zero-order valence-corrected chi connectivity index (χ0v) is 11.2. The molecule has 0 unspecified atom stereocenters. The van der Waals surface area contributed by atoms with E-state index < -0.39 is 5.97 Å². The van der Waals surface area contributed by atoms with Crippen LogP contribution < -0.4 is 5.32 Å². The van der Waals surface area contributed by atoms with Gasteiger partial charge in [-0.25, -0.2) is 9.78 Å². The van der Waals surface area contributed by atoms with Crippen LogP contribution in [0.2, 0.25) is 0 Å². The van der Waals surface area contributed by atoms with Crippen LogP contribution in [0.4, 0.5) is 11.5 Å². The molecule has 18 heavy (non-hydrogen) atoms. The van der Waals surface area contributed by atoms with Gasteiger partial charge >= 0.3 is 5.97 Å². The summed E-state index contributed by atoms with van der Waals surface area (Å²) in [5, 5.41) is 12.1. The van der Waals surface area contributed by atoms with Gasteiger partial charge in [-0.3, -0.25) is 0 Å². The molecule has 0 spiro atoms. The van der Waals surface area contributed by atoms with E-state index in [-0.39, 0.29) is 5.56 Å². The molecule has 0 saturated carbocycles. The summed E-state index contributed by atoms with van der Waals surface area (Å²) in [4.78, 5) is 15.2. The number of nitrogens with zero attached hydrogens (tertiary/aromatic N) is 1. The number of carboxylic acids is 1. The molecule has 0 aliphatic carbocycles. The molecule has 2 rings (SSSR count). The number of hydrogen-bond acceptors (Lipinski definition) is 3. The minimum Gasteiger partial charge on any atom is -0.478 e. The molecule has 0 atom stereocenters. The lowest BCUT2D eigenvalue weighted by Crippen LogP contribution is -2.04. The van der Waals surface area contributed by atoms with Crippen molar-refractivity contribution in [3.63, 3.8) is 0 Å². The number of aromatic nitrogens is 1. The van der Waals surface area contributed by atoms with Crippen molar-refractivity contribution in [2.24, 2.45) is 0 Å². The molecule has 92 valence electrons. The molecule has 2 aromatic rings. The van der Waals surface area contributed by atoms with Gasteiger partial charge < -0.3 is 10.4 Å². The number of carbonyl (C=O) groups is 1. The number of anilines is 2. The van der Waals surface area contributed by atoms with E-state index in [2.05, 4.69) is 26.2 Å². The van der Waals surface area contributed by atoms with Crippen molar-refractivity contribution in [3.05, 3.63) is 52.1 Å². The Morgan fingerprint density at radius 2 is 2.17 bits per heavy atom. The zero-order chi connectivity index (χ0) is 13.1. The van der Waals surface area contributed by atoms with Crippen molar-refractivity contribution in [2.75, 3.05) is 5.32 Å². The predicted molar refractivity (Wildman–Crippen MR) is 73.4 cm³/mol. The molecule has 0 amide bonds. The second kappa shape index (κ2) is 5.18. The highest BCUT2D eigenvalue weighted by molar-refractivity contribution is 9.10. The molecule has 0 saturated heterocycles. The van der Waals surface area contributed by atoms with E-state index in [1.54, 1.807) is 6.20 Å². The van der Waals surface area contributed by atoms with Crippen molar-refractivity contribution < 1.29 is 9.90 Å². The first-order valence-electron chi connectivity index (χ1n) is 5.29. The Morgan fingerprint density at radius 1 is 1.39 bits per heavy atom. The van der Waals surface area contributed by atoms with E-state index in [1.165, 1.54) is 6.07 Å². The Kier molecular flexibility index (Phi) is 3.62. The van der Waals surface area contributed by atoms with E-state index >= 15 is 0 Å². The summed E-state index contributed by atoms with van der Waals surface area (Å²) in [6.07, 6.45) is 1.56. The largest absolute Gasteiger partial charge is 0.478 e. The molecule has 4 nitrogen and oxygen atoms in total. The topological polar surface area (TPSA) is 62.2 Å². The third-order valence-corrected chi connectivity index (χ3v) is 2.80. The van der Waals surface area contributed by atoms with Gasteiger partial charge in [0.25, 0.3) is 0 Å². The lowest BCUT2D eigenvalue weighted by atomic mass is 10.2. The number of rotatable bonds is 3. The van der Waals surface area contributed by atoms with Crippen molar-refractivity contribution >= 4 is 33.4 Å². The summed E-state index contributed by atoms with van der Waals surface area (Å²) in [5.74, 6) is -0.685. The number of benzene rings is 1. The number of aromatic carboxylic acids is 1. The average molecular weight is 307 g/mol. The van der Waals surface area contributed by atoms with Crippen LogP contribution in [0.5, 0.6) is 0 Å². The fourth-order valence-corrected chi connectivity index (χ4v) is 1.89. The van der Waals surface area contributed by atoms with E-state index in [9.17, 15) is 4.79 Å². The fourth-order valence-electron chi connectivity index (χ4n) is 1.56. The minimum absolute atomic E-state index is 0.130. The monoisotopic (exact) mass is 306 g/mol. The molecule has 5 heteroatoms. The maximum atomic E-state index is 11.1. The summed E-state index contributed by atoms with van der Waals surface area (Å²) in [5.41, 5.74) is 2.03. The molecule has 2 N–H and O–H groups in total. The van der Waals surface area contributed by atoms with Crippen LogP contribution in [-0.2, 0) is 0 Å². The number of carboxylic acid groups (broad SMARTS) is 1. The van der Waals surface area contributed by atoms with Crippen molar-refractivity contribution in [3.8, 4) is 0 Å². The van der Waals surface area contributed by atoms with Gasteiger partial charge in [0.1, 0.15) is 11.4 Å². The molecule has 0 radical (unpaired) electrons. The zero-order valence-electron chi connectivity index (χ0n) is 9.64. The fraction of sp³-hybridized carbons (Fsp3) is 0.0769. The molecule has 0 aliphatic heterocycles. The summed E-state index contributed by atoms with van der Waals surface area (Å²) < 4.78 is 0.634. The smallest absolute Gasteiger partial charge is 0.339 e. The van der Waals surface area contributed by atoms with Gasteiger partial charge in [-0.1, -0.05) is 12.1 Å². The number of aryl methyl sites for hydroxylation is 1. The first-order chi connectivity index (χ1) is 8.56. The summed E-state index contributed by atoms with van der Waals surface area (Å²) in [6, 6.07) is 9.18. The lowest BCUT2D eigenvalue weighted by Gasteiger charge is -2.09. The van der Waals surface area contributed by atoms with Crippen LogP contribution in [0.25, 0.3) is 0 Å². The van der Waals surface area contributed by atoms with Crippen LogP contribution in [0, 0.1) is 6.92 Å². The van der Waals surface area contributed by atoms with Gasteiger partial charge in [-0.05, 0) is 46.6 Å². The first kappa shape index (κ1) is 12.6. The Balaban J connectivity index is 2.37. The minimum atomic E-state index is -1.01. The molecule has 0 bridgehead atoms. The Bertz CT molecular complexity index is 599. The maximum absolute atomic E-state index is 11.1. The van der Waals surface area contributed by atoms with Crippen LogP contribution >= 0.6 is 15.9 Å². The Morgan fingerprint density at radius 3 is 2.83 bits per heavy atom. The highest BCUT2D eigenvalue weighted by atomic mass is 79.9. The molecule has 0 aliphatic rings. The van der Waals surface area contributed by atoms with Crippen molar-refractivity contribution in [1.29, 1.82) is 0 Å². The highest BCUT2D eigenvalue weighted by Gasteiger charge is 2.12. The Labute approximate surface area is 113 Å². The van der Waals surface area contributed by atoms with Gasteiger partial charge in [0, 0.05) is 16.4 Å². The third kappa shape index (κ3) is 2.87. The van der Waals surface area contributed by atoms with E-state index in [1.807, 2.05) is 31.2 Å². The lowest BCUT2D eigenvalue weighted by molar-refractivity contribution is 0.0697. The summed E-state index contributed by atoms with van der Waals surface area (Å²) in [6.45, 7) is 1.97. The van der Waals surface area contributed by atoms with E-state index in [0.717, 1.165) is 11.3 Å². The molecular formula is C13H11BrN2O2. The van der Waals surface area contributed by atoms with E-state index in [0.29, 0.717) is 10.3 Å². The van der Waals surface area contributed by atoms with Gasteiger partial charge in [0.2, 0.25) is 0 Å². The van der Waals surface area contributed by atoms with Crippen LogP contribution in [0.3, 0.4) is 0 Å². The maximum Gasteiger partial charge on any atom is 0.339 e. The normalized spacial score (nSPS) is 10.1. The predicted octanol–water partition coefficient (Wildman–Crippen LogP) is 3.59. The van der Waals surface area contributed by atoms with Gasteiger partial charge in [0.15, 0.2) is 0 Å². The molecule has 1 aromatic heterocycles. The van der Waals surface area contributed by atoms with Crippen LogP contribution in [0.1, 0.15) is 15.9 Å². The van der Waals surface area contributed by atoms with Gasteiger partial charge in [-0.2, -0.15) is 0 Å². The molecule has 1 heterocycles. The first-order valence-corrected chi connectivity index (χ1v) is 6.08. The van der Waals surface area contributed by atoms with Gasteiger partial charge in [0.05, 0.1) is 0 Å². The quantitative estimate of drug-likeness (QED) is 0.909. The second-order valence-electron chi connectivity index (χ2n) is 3.85. The summed E-state index contributed by atoms with van der Waals surface area (Å²) >= 11 is 3.21. The number of halogens is 1. The standard InChI is InChI=1S/C13H11BrN2O2/c1-8-3-2-4-10(5-8)16-12-11(13(17)18)6-9(14)7-15-12/h2-7H,1H3,(H,15,16)(H,17,18).